The number of amides is 2. The SMILES string of the molecule is CCOC(=O)N/N=C1/C[C@@H](c2cccc(Cl)c2)[C@]2(C(=O)Nc3cc(Cl)ccc32)[C@H](c2ccccc2C(F)(F)F)N1. The van der Waals surface area contributed by atoms with Crippen molar-refractivity contribution in [2.75, 3.05) is 11.9 Å². The summed E-state index contributed by atoms with van der Waals surface area (Å²) in [7, 11) is 0. The Kier molecular flexibility index (Phi) is 7.41. The van der Waals surface area contributed by atoms with Gasteiger partial charge in [-0.3, -0.25) is 4.79 Å². The summed E-state index contributed by atoms with van der Waals surface area (Å²) in [5.41, 5.74) is 1.07. The Morgan fingerprint density at radius 1 is 1.10 bits per heavy atom. The van der Waals surface area contributed by atoms with Crippen molar-refractivity contribution >= 4 is 46.7 Å². The van der Waals surface area contributed by atoms with Gasteiger partial charge in [-0.25, -0.2) is 10.2 Å². The van der Waals surface area contributed by atoms with E-state index in [4.69, 9.17) is 27.9 Å². The smallest absolute Gasteiger partial charge is 0.427 e. The summed E-state index contributed by atoms with van der Waals surface area (Å²) in [6, 6.07) is 15.4. The number of nitrogens with zero attached hydrogens (tertiary/aromatic N) is 1. The molecule has 3 aromatic rings. The van der Waals surface area contributed by atoms with Crippen molar-refractivity contribution in [1.29, 1.82) is 0 Å². The fourth-order valence-corrected chi connectivity index (χ4v) is 6.02. The lowest BCUT2D eigenvalue weighted by Gasteiger charge is -2.48. The predicted octanol–water partition coefficient (Wildman–Crippen LogP) is 6.78. The molecule has 2 heterocycles. The lowest BCUT2D eigenvalue weighted by molar-refractivity contribution is -0.139. The number of rotatable bonds is 4. The highest BCUT2D eigenvalue weighted by Gasteiger charge is 2.61. The molecule has 3 atom stereocenters. The van der Waals surface area contributed by atoms with Crippen LogP contribution in [0, 0.1) is 0 Å². The molecule has 3 aromatic carbocycles. The quantitative estimate of drug-likeness (QED) is 0.292. The van der Waals surface area contributed by atoms with Gasteiger partial charge in [-0.15, -0.1) is 0 Å². The second-order valence-electron chi connectivity index (χ2n) is 9.38. The third kappa shape index (κ3) is 4.86. The van der Waals surface area contributed by atoms with E-state index in [1.54, 1.807) is 49.4 Å². The van der Waals surface area contributed by atoms with E-state index in [-0.39, 0.29) is 24.4 Å². The first-order valence-corrected chi connectivity index (χ1v) is 13.1. The number of alkyl halides is 3. The standard InChI is InChI=1S/C28H23Cl2F3N4O3/c1-2-40-26(39)37-36-23-14-21(15-6-5-7-16(29)12-15)27(20-11-10-17(30)13-22(20)34-25(27)38)24(35-23)18-8-3-4-9-19(18)28(31,32)33/h3-13,21,24H,2,14H2,1H3,(H,34,38)(H,35,36)(H,37,39)/t21-,24-,27-/m0/s1. The fraction of sp³-hybridized carbons (Fsp3) is 0.250. The van der Waals surface area contributed by atoms with Crippen LogP contribution in [0.15, 0.2) is 71.8 Å². The molecule has 0 saturated carbocycles. The van der Waals surface area contributed by atoms with Crippen LogP contribution in [-0.2, 0) is 21.1 Å². The molecule has 1 spiro atoms. The lowest BCUT2D eigenvalue weighted by atomic mass is 9.59. The summed E-state index contributed by atoms with van der Waals surface area (Å²) >= 11 is 12.6. The Morgan fingerprint density at radius 2 is 1.85 bits per heavy atom. The lowest BCUT2D eigenvalue weighted by Crippen LogP contribution is -2.57. The van der Waals surface area contributed by atoms with Crippen LogP contribution in [0.4, 0.5) is 23.7 Å². The van der Waals surface area contributed by atoms with Crippen molar-refractivity contribution in [2.24, 2.45) is 5.10 Å². The predicted molar refractivity (Wildman–Crippen MR) is 145 cm³/mol. The maximum atomic E-state index is 14.4. The van der Waals surface area contributed by atoms with E-state index in [1.165, 1.54) is 18.2 Å². The molecule has 2 amide bonds. The largest absolute Gasteiger partial charge is 0.449 e. The first-order chi connectivity index (χ1) is 19.0. The van der Waals surface area contributed by atoms with Gasteiger partial charge in [0.15, 0.2) is 0 Å². The molecule has 7 nitrogen and oxygen atoms in total. The molecule has 2 aliphatic rings. The van der Waals surface area contributed by atoms with Gasteiger partial charge in [-0.05, 0) is 53.9 Å². The number of hydrazone groups is 1. The number of amidine groups is 1. The van der Waals surface area contributed by atoms with Crippen LogP contribution in [-0.4, -0.2) is 24.4 Å². The second-order valence-corrected chi connectivity index (χ2v) is 10.3. The minimum atomic E-state index is -4.72. The zero-order valence-corrected chi connectivity index (χ0v) is 22.5. The van der Waals surface area contributed by atoms with Crippen molar-refractivity contribution in [3.8, 4) is 0 Å². The molecule has 2 aliphatic heterocycles. The average molecular weight is 591 g/mol. The second kappa shape index (κ2) is 10.7. The van der Waals surface area contributed by atoms with Crippen molar-refractivity contribution in [3.63, 3.8) is 0 Å². The molecule has 3 N–H and O–H groups in total. The number of halogens is 5. The molecule has 0 radical (unpaired) electrons. The zero-order valence-electron chi connectivity index (χ0n) is 21.0. The van der Waals surface area contributed by atoms with E-state index in [1.807, 2.05) is 0 Å². The maximum Gasteiger partial charge on any atom is 0.427 e. The van der Waals surface area contributed by atoms with Gasteiger partial charge in [0.2, 0.25) is 5.91 Å². The summed E-state index contributed by atoms with van der Waals surface area (Å²) in [5, 5.41) is 10.8. The fourth-order valence-electron chi connectivity index (χ4n) is 5.64. The zero-order chi connectivity index (χ0) is 28.7. The van der Waals surface area contributed by atoms with Crippen LogP contribution in [0.3, 0.4) is 0 Å². The van der Waals surface area contributed by atoms with E-state index in [0.29, 0.717) is 26.9 Å². The van der Waals surface area contributed by atoms with E-state index in [2.05, 4.69) is 21.2 Å². The first kappa shape index (κ1) is 27.8. The van der Waals surface area contributed by atoms with Gasteiger partial charge in [0.05, 0.1) is 18.2 Å². The van der Waals surface area contributed by atoms with E-state index in [9.17, 15) is 22.8 Å². The molecule has 1 fully saturated rings. The Hall–Kier alpha value is -3.76. The van der Waals surface area contributed by atoms with Crippen molar-refractivity contribution in [2.45, 2.75) is 36.9 Å². The Balaban J connectivity index is 1.79. The number of fused-ring (bicyclic) bond motifs is 2. The van der Waals surface area contributed by atoms with Gasteiger partial charge in [0, 0.05) is 28.1 Å². The number of anilines is 1. The topological polar surface area (TPSA) is 91.8 Å². The summed E-state index contributed by atoms with van der Waals surface area (Å²) in [5.74, 6) is -1.12. The van der Waals surface area contributed by atoms with Crippen LogP contribution in [0.1, 0.15) is 47.6 Å². The van der Waals surface area contributed by atoms with Crippen LogP contribution < -0.4 is 16.1 Å². The highest BCUT2D eigenvalue weighted by atomic mass is 35.5. The number of piperidine rings is 1. The molecule has 40 heavy (non-hydrogen) atoms. The summed E-state index contributed by atoms with van der Waals surface area (Å²) in [4.78, 5) is 26.2. The van der Waals surface area contributed by atoms with Crippen LogP contribution in [0.25, 0.3) is 0 Å². The van der Waals surface area contributed by atoms with Crippen molar-refractivity contribution in [3.05, 3.63) is 99.0 Å². The number of hydrogen-bond donors (Lipinski definition) is 3. The minimum Gasteiger partial charge on any atom is -0.449 e. The third-order valence-electron chi connectivity index (χ3n) is 7.15. The molecular formula is C28H23Cl2F3N4O3. The molecule has 0 aliphatic carbocycles. The molecule has 208 valence electrons. The molecule has 0 aromatic heterocycles. The minimum absolute atomic E-state index is 0.0485. The van der Waals surface area contributed by atoms with Gasteiger partial charge in [0.1, 0.15) is 11.3 Å². The van der Waals surface area contributed by atoms with Gasteiger partial charge >= 0.3 is 12.3 Å². The summed E-state index contributed by atoms with van der Waals surface area (Å²) in [6.07, 6.45) is -5.50. The highest BCUT2D eigenvalue weighted by molar-refractivity contribution is 6.31. The van der Waals surface area contributed by atoms with Gasteiger partial charge in [-0.2, -0.15) is 18.3 Å². The highest BCUT2D eigenvalue weighted by Crippen LogP contribution is 2.58. The van der Waals surface area contributed by atoms with Gasteiger partial charge in [0.25, 0.3) is 0 Å². The maximum absolute atomic E-state index is 14.4. The van der Waals surface area contributed by atoms with E-state index in [0.717, 1.165) is 6.07 Å². The Labute approximate surface area is 237 Å². The number of nitrogens with one attached hydrogen (secondary N) is 3. The van der Waals surface area contributed by atoms with Crippen LogP contribution in [0.5, 0.6) is 0 Å². The number of ether oxygens (including phenoxy) is 1. The third-order valence-corrected chi connectivity index (χ3v) is 7.62. The summed E-state index contributed by atoms with van der Waals surface area (Å²) < 4.78 is 48.0. The van der Waals surface area contributed by atoms with E-state index >= 15 is 0 Å². The number of carbonyl (C=O) groups excluding carboxylic acids is 2. The Morgan fingerprint density at radius 3 is 2.58 bits per heavy atom. The monoisotopic (exact) mass is 590 g/mol. The van der Waals surface area contributed by atoms with Crippen LogP contribution in [0.2, 0.25) is 10.0 Å². The molecule has 0 unspecified atom stereocenters. The van der Waals surface area contributed by atoms with Crippen molar-refractivity contribution in [1.82, 2.24) is 10.7 Å². The number of benzene rings is 3. The van der Waals surface area contributed by atoms with Gasteiger partial charge < -0.3 is 15.4 Å². The summed E-state index contributed by atoms with van der Waals surface area (Å²) in [6.45, 7) is 1.72. The number of hydrogen-bond acceptors (Lipinski definition) is 4. The molecule has 12 heteroatoms. The first-order valence-electron chi connectivity index (χ1n) is 12.3. The molecule has 1 saturated heterocycles. The normalized spacial score (nSPS) is 22.9. The van der Waals surface area contributed by atoms with Gasteiger partial charge in [-0.1, -0.05) is 59.6 Å². The molecule has 0 bridgehead atoms. The number of carbonyl (C=O) groups is 2. The molecular weight excluding hydrogens is 568 g/mol. The van der Waals surface area contributed by atoms with E-state index < -0.39 is 41.1 Å². The van der Waals surface area contributed by atoms with Crippen LogP contribution >= 0.6 is 23.2 Å². The Bertz CT molecular complexity index is 1510. The molecule has 5 rings (SSSR count). The average Bonchev–Trinajstić information content (AvgIpc) is 3.18. The van der Waals surface area contributed by atoms with Crippen molar-refractivity contribution < 1.29 is 27.5 Å².